The first kappa shape index (κ1) is 13.5. The fourth-order valence-corrected chi connectivity index (χ4v) is 2.12. The maximum atomic E-state index is 9.19. The minimum atomic E-state index is -0.150. The maximum absolute atomic E-state index is 9.19. The zero-order valence-corrected chi connectivity index (χ0v) is 11.7. The number of aromatic nitrogens is 2. The minimum absolute atomic E-state index is 0.150. The summed E-state index contributed by atoms with van der Waals surface area (Å²) in [5.41, 5.74) is 4.87. The summed E-state index contributed by atoms with van der Waals surface area (Å²) in [6, 6.07) is 5.98. The predicted octanol–water partition coefficient (Wildman–Crippen LogP) is 2.57. The molecule has 0 radical (unpaired) electrons. The third-order valence-electron chi connectivity index (χ3n) is 3.06. The fraction of sp³-hybridized carbons (Fsp3) is 0.333. The van der Waals surface area contributed by atoms with Gasteiger partial charge in [-0.3, -0.25) is 0 Å². The molecule has 0 aliphatic carbocycles. The number of rotatable bonds is 3. The Labute approximate surface area is 113 Å². The van der Waals surface area contributed by atoms with Crippen molar-refractivity contribution >= 4 is 0 Å². The van der Waals surface area contributed by atoms with Gasteiger partial charge in [-0.25, -0.2) is 9.97 Å². The van der Waals surface area contributed by atoms with Crippen molar-refractivity contribution in [2.75, 3.05) is 7.11 Å². The molecule has 0 unspecified atom stereocenters. The Hall–Kier alpha value is -1.94. The number of aliphatic hydroxyl groups is 1. The van der Waals surface area contributed by atoms with Gasteiger partial charge in [-0.05, 0) is 50.1 Å². The molecule has 0 saturated heterocycles. The number of methoxy groups -OCH3 is 1. The van der Waals surface area contributed by atoms with Crippen LogP contribution < -0.4 is 4.74 Å². The number of hydrogen-bond donors (Lipinski definition) is 1. The van der Waals surface area contributed by atoms with E-state index in [1.165, 1.54) is 0 Å². The topological polar surface area (TPSA) is 55.2 Å². The smallest absolute Gasteiger partial charge is 0.154 e. The first-order valence-electron chi connectivity index (χ1n) is 6.16. The summed E-state index contributed by atoms with van der Waals surface area (Å²) in [7, 11) is 1.67. The molecule has 1 N–H and O–H groups in total. The lowest BCUT2D eigenvalue weighted by Gasteiger charge is -2.12. The summed E-state index contributed by atoms with van der Waals surface area (Å²) in [5.74, 6) is 1.32. The lowest BCUT2D eigenvalue weighted by molar-refractivity contribution is 0.271. The van der Waals surface area contributed by atoms with Crippen molar-refractivity contribution in [1.82, 2.24) is 9.97 Å². The quantitative estimate of drug-likeness (QED) is 0.919. The summed E-state index contributed by atoms with van der Waals surface area (Å²) in [4.78, 5) is 8.56. The monoisotopic (exact) mass is 258 g/mol. The summed E-state index contributed by atoms with van der Waals surface area (Å²) < 4.78 is 5.31. The summed E-state index contributed by atoms with van der Waals surface area (Å²) in [6.45, 7) is 5.77. The third kappa shape index (κ3) is 2.74. The second kappa shape index (κ2) is 5.36. The van der Waals surface area contributed by atoms with Crippen LogP contribution in [0.25, 0.3) is 11.3 Å². The Balaban J connectivity index is 2.58. The SMILES string of the molecule is COc1cc(C)c(-c2cc(C)nc(CO)n2)cc1C. The van der Waals surface area contributed by atoms with Gasteiger partial charge in [0, 0.05) is 11.3 Å². The molecule has 0 aliphatic rings. The zero-order chi connectivity index (χ0) is 14.0. The van der Waals surface area contributed by atoms with Gasteiger partial charge in [-0.1, -0.05) is 0 Å². The molecule has 2 rings (SSSR count). The van der Waals surface area contributed by atoms with E-state index in [2.05, 4.69) is 16.0 Å². The zero-order valence-electron chi connectivity index (χ0n) is 11.7. The van der Waals surface area contributed by atoms with Gasteiger partial charge in [0.05, 0.1) is 12.8 Å². The van der Waals surface area contributed by atoms with Crippen molar-refractivity contribution in [3.8, 4) is 17.0 Å². The molecule has 0 saturated carbocycles. The molecule has 0 atom stereocenters. The number of benzene rings is 1. The van der Waals surface area contributed by atoms with Crippen LogP contribution in [-0.2, 0) is 6.61 Å². The lowest BCUT2D eigenvalue weighted by atomic mass is 10.0. The van der Waals surface area contributed by atoms with Gasteiger partial charge in [-0.2, -0.15) is 0 Å². The van der Waals surface area contributed by atoms with Crippen LogP contribution in [0.1, 0.15) is 22.6 Å². The van der Waals surface area contributed by atoms with Crippen molar-refractivity contribution in [2.24, 2.45) is 0 Å². The standard InChI is InChI=1S/C15H18N2O2/c1-9-6-14(19-4)10(2)5-12(9)13-7-11(3)16-15(8-18)17-13/h5-7,18H,8H2,1-4H3. The molecule has 0 bridgehead atoms. The van der Waals surface area contributed by atoms with Crippen LogP contribution in [0.2, 0.25) is 0 Å². The average molecular weight is 258 g/mol. The predicted molar refractivity (Wildman–Crippen MR) is 74.2 cm³/mol. The minimum Gasteiger partial charge on any atom is -0.496 e. The number of aliphatic hydroxyl groups excluding tert-OH is 1. The first-order valence-corrected chi connectivity index (χ1v) is 6.16. The normalized spacial score (nSPS) is 10.6. The Bertz CT molecular complexity index is 609. The van der Waals surface area contributed by atoms with E-state index in [-0.39, 0.29) is 6.61 Å². The molecule has 0 fully saturated rings. The molecule has 1 aromatic heterocycles. The molecule has 19 heavy (non-hydrogen) atoms. The van der Waals surface area contributed by atoms with E-state index in [1.54, 1.807) is 7.11 Å². The van der Waals surface area contributed by atoms with Gasteiger partial charge in [0.2, 0.25) is 0 Å². The van der Waals surface area contributed by atoms with E-state index in [4.69, 9.17) is 4.74 Å². The highest BCUT2D eigenvalue weighted by Gasteiger charge is 2.10. The maximum Gasteiger partial charge on any atom is 0.154 e. The molecule has 100 valence electrons. The molecule has 0 amide bonds. The number of nitrogens with zero attached hydrogens (tertiary/aromatic N) is 2. The van der Waals surface area contributed by atoms with Crippen LogP contribution in [0.4, 0.5) is 0 Å². The Morgan fingerprint density at radius 2 is 1.79 bits per heavy atom. The molecule has 1 aromatic carbocycles. The second-order valence-corrected chi connectivity index (χ2v) is 4.61. The third-order valence-corrected chi connectivity index (χ3v) is 3.06. The van der Waals surface area contributed by atoms with Crippen LogP contribution >= 0.6 is 0 Å². The van der Waals surface area contributed by atoms with Gasteiger partial charge < -0.3 is 9.84 Å². The van der Waals surface area contributed by atoms with E-state index in [0.717, 1.165) is 33.8 Å². The lowest BCUT2D eigenvalue weighted by Crippen LogP contribution is -2.00. The van der Waals surface area contributed by atoms with Crippen molar-refractivity contribution < 1.29 is 9.84 Å². The van der Waals surface area contributed by atoms with Gasteiger partial charge >= 0.3 is 0 Å². The molecule has 4 heteroatoms. The first-order chi connectivity index (χ1) is 9.05. The van der Waals surface area contributed by atoms with Crippen LogP contribution in [0.5, 0.6) is 5.75 Å². The Morgan fingerprint density at radius 1 is 1.05 bits per heavy atom. The molecular formula is C15H18N2O2. The molecule has 2 aromatic rings. The summed E-state index contributed by atoms with van der Waals surface area (Å²) in [5, 5.41) is 9.19. The Morgan fingerprint density at radius 3 is 2.42 bits per heavy atom. The van der Waals surface area contributed by atoms with Crippen LogP contribution in [0.3, 0.4) is 0 Å². The van der Waals surface area contributed by atoms with Gasteiger partial charge in [0.25, 0.3) is 0 Å². The number of aryl methyl sites for hydroxylation is 3. The highest BCUT2D eigenvalue weighted by molar-refractivity contribution is 5.66. The highest BCUT2D eigenvalue weighted by Crippen LogP contribution is 2.29. The molecule has 0 aliphatic heterocycles. The van der Waals surface area contributed by atoms with Crippen molar-refractivity contribution in [3.63, 3.8) is 0 Å². The second-order valence-electron chi connectivity index (χ2n) is 4.61. The summed E-state index contributed by atoms with van der Waals surface area (Å²) >= 11 is 0. The van der Waals surface area contributed by atoms with Crippen LogP contribution in [-0.4, -0.2) is 22.2 Å². The average Bonchev–Trinajstić information content (AvgIpc) is 2.40. The van der Waals surface area contributed by atoms with Crippen molar-refractivity contribution in [2.45, 2.75) is 27.4 Å². The number of hydrogen-bond acceptors (Lipinski definition) is 4. The van der Waals surface area contributed by atoms with Crippen LogP contribution in [0.15, 0.2) is 18.2 Å². The largest absolute Gasteiger partial charge is 0.496 e. The van der Waals surface area contributed by atoms with E-state index in [1.807, 2.05) is 32.9 Å². The van der Waals surface area contributed by atoms with Crippen molar-refractivity contribution in [3.05, 3.63) is 40.8 Å². The highest BCUT2D eigenvalue weighted by atomic mass is 16.5. The van der Waals surface area contributed by atoms with E-state index < -0.39 is 0 Å². The van der Waals surface area contributed by atoms with E-state index in [9.17, 15) is 5.11 Å². The van der Waals surface area contributed by atoms with E-state index in [0.29, 0.717) is 5.82 Å². The molecule has 4 nitrogen and oxygen atoms in total. The Kier molecular flexibility index (Phi) is 3.81. The van der Waals surface area contributed by atoms with Crippen molar-refractivity contribution in [1.29, 1.82) is 0 Å². The molecule has 1 heterocycles. The van der Waals surface area contributed by atoms with E-state index >= 15 is 0 Å². The molecular weight excluding hydrogens is 240 g/mol. The fourth-order valence-electron chi connectivity index (χ4n) is 2.12. The van der Waals surface area contributed by atoms with Gasteiger partial charge in [0.1, 0.15) is 12.4 Å². The van der Waals surface area contributed by atoms with Gasteiger partial charge in [-0.15, -0.1) is 0 Å². The van der Waals surface area contributed by atoms with Gasteiger partial charge in [0.15, 0.2) is 5.82 Å². The van der Waals surface area contributed by atoms with Crippen LogP contribution in [0, 0.1) is 20.8 Å². The summed E-state index contributed by atoms with van der Waals surface area (Å²) in [6.07, 6.45) is 0. The molecule has 0 spiro atoms. The number of ether oxygens (including phenoxy) is 1.